The standard InChI is InChI=1S/C10H21N3/c1-8-6-9(11-12(2)3)7-13(8)10-4-5-10/h8-11H,4-7H2,1-3H3. The molecular formula is C10H21N3. The Labute approximate surface area is 81.1 Å². The van der Waals surface area contributed by atoms with E-state index in [2.05, 4.69) is 36.4 Å². The highest BCUT2D eigenvalue weighted by Gasteiger charge is 2.38. The Morgan fingerprint density at radius 2 is 2.00 bits per heavy atom. The Balaban J connectivity index is 1.83. The highest BCUT2D eigenvalue weighted by molar-refractivity contribution is 4.95. The lowest BCUT2D eigenvalue weighted by Crippen LogP contribution is -2.41. The third kappa shape index (κ3) is 2.22. The maximum Gasteiger partial charge on any atom is 0.0357 e. The van der Waals surface area contributed by atoms with Gasteiger partial charge in [0, 0.05) is 38.8 Å². The molecule has 2 rings (SSSR count). The Bertz CT molecular complexity index is 177. The Kier molecular flexibility index (Phi) is 2.58. The molecule has 1 aliphatic heterocycles. The van der Waals surface area contributed by atoms with Crippen LogP contribution in [0, 0.1) is 0 Å². The number of hydrogen-bond acceptors (Lipinski definition) is 3. The van der Waals surface area contributed by atoms with Crippen LogP contribution in [0.3, 0.4) is 0 Å². The van der Waals surface area contributed by atoms with Crippen LogP contribution in [0.25, 0.3) is 0 Å². The summed E-state index contributed by atoms with van der Waals surface area (Å²) in [6.45, 7) is 3.60. The van der Waals surface area contributed by atoms with E-state index in [1.165, 1.54) is 25.8 Å². The summed E-state index contributed by atoms with van der Waals surface area (Å²) in [5.41, 5.74) is 3.48. The van der Waals surface area contributed by atoms with Crippen molar-refractivity contribution in [2.24, 2.45) is 0 Å². The van der Waals surface area contributed by atoms with Gasteiger partial charge in [0.25, 0.3) is 0 Å². The molecule has 0 aromatic heterocycles. The van der Waals surface area contributed by atoms with Crippen molar-refractivity contribution in [1.82, 2.24) is 15.3 Å². The second-order valence-electron chi connectivity index (χ2n) is 4.73. The highest BCUT2D eigenvalue weighted by atomic mass is 15.5. The van der Waals surface area contributed by atoms with Crippen molar-refractivity contribution in [3.63, 3.8) is 0 Å². The number of hydrogen-bond donors (Lipinski definition) is 1. The van der Waals surface area contributed by atoms with Gasteiger partial charge in [-0.1, -0.05) is 0 Å². The third-order valence-corrected chi connectivity index (χ3v) is 3.08. The summed E-state index contributed by atoms with van der Waals surface area (Å²) in [6, 6.07) is 2.37. The molecule has 1 N–H and O–H groups in total. The van der Waals surface area contributed by atoms with Crippen molar-refractivity contribution < 1.29 is 0 Å². The molecule has 1 saturated carbocycles. The van der Waals surface area contributed by atoms with Crippen molar-refractivity contribution in [2.75, 3.05) is 20.6 Å². The zero-order valence-electron chi connectivity index (χ0n) is 8.95. The molecular weight excluding hydrogens is 162 g/mol. The van der Waals surface area contributed by atoms with Gasteiger partial charge >= 0.3 is 0 Å². The quantitative estimate of drug-likeness (QED) is 0.649. The molecule has 0 radical (unpaired) electrons. The largest absolute Gasteiger partial charge is 0.296 e. The summed E-state index contributed by atoms with van der Waals surface area (Å²) in [7, 11) is 4.15. The van der Waals surface area contributed by atoms with Crippen LogP contribution in [-0.4, -0.2) is 48.7 Å². The first-order valence-corrected chi connectivity index (χ1v) is 5.36. The lowest BCUT2D eigenvalue weighted by molar-refractivity contribution is 0.224. The minimum Gasteiger partial charge on any atom is -0.296 e. The van der Waals surface area contributed by atoms with Crippen molar-refractivity contribution in [3.8, 4) is 0 Å². The number of likely N-dealkylation sites (tertiary alicyclic amines) is 1. The maximum atomic E-state index is 3.48. The number of rotatable bonds is 3. The average Bonchev–Trinajstić information content (AvgIpc) is 2.77. The fraction of sp³-hybridized carbons (Fsp3) is 1.00. The molecule has 3 heteroatoms. The highest BCUT2D eigenvalue weighted by Crippen LogP contribution is 2.33. The van der Waals surface area contributed by atoms with Crippen LogP contribution in [0.15, 0.2) is 0 Å². The molecule has 0 spiro atoms. The molecule has 1 aliphatic carbocycles. The van der Waals surface area contributed by atoms with Gasteiger partial charge in [-0.3, -0.25) is 15.3 Å². The van der Waals surface area contributed by atoms with E-state index in [1.807, 2.05) is 0 Å². The fourth-order valence-electron chi connectivity index (χ4n) is 2.43. The third-order valence-electron chi connectivity index (χ3n) is 3.08. The fourth-order valence-corrected chi connectivity index (χ4v) is 2.43. The summed E-state index contributed by atoms with van der Waals surface area (Å²) in [4.78, 5) is 2.67. The van der Waals surface area contributed by atoms with Crippen LogP contribution in [0.5, 0.6) is 0 Å². The number of hydrazine groups is 1. The van der Waals surface area contributed by atoms with Gasteiger partial charge in [0.1, 0.15) is 0 Å². The van der Waals surface area contributed by atoms with Gasteiger partial charge < -0.3 is 0 Å². The Hall–Kier alpha value is -0.120. The summed E-state index contributed by atoms with van der Waals surface area (Å²) in [5.74, 6) is 0. The Morgan fingerprint density at radius 1 is 1.31 bits per heavy atom. The van der Waals surface area contributed by atoms with Crippen LogP contribution in [0.4, 0.5) is 0 Å². The molecule has 0 amide bonds. The van der Waals surface area contributed by atoms with Crippen LogP contribution in [0.1, 0.15) is 26.2 Å². The molecule has 0 aromatic rings. The van der Waals surface area contributed by atoms with Crippen molar-refractivity contribution in [3.05, 3.63) is 0 Å². The lowest BCUT2D eigenvalue weighted by atomic mass is 10.2. The first-order chi connectivity index (χ1) is 6.16. The minimum absolute atomic E-state index is 0.672. The van der Waals surface area contributed by atoms with E-state index >= 15 is 0 Å². The summed E-state index contributed by atoms with van der Waals surface area (Å²) in [5, 5.41) is 2.08. The monoisotopic (exact) mass is 183 g/mol. The molecule has 2 fully saturated rings. The molecule has 1 heterocycles. The minimum atomic E-state index is 0.672. The first kappa shape index (κ1) is 9.44. The smallest absolute Gasteiger partial charge is 0.0357 e. The lowest BCUT2D eigenvalue weighted by Gasteiger charge is -2.20. The molecule has 13 heavy (non-hydrogen) atoms. The molecule has 2 atom stereocenters. The molecule has 1 saturated heterocycles. The maximum absolute atomic E-state index is 3.48. The summed E-state index contributed by atoms with van der Waals surface area (Å²) >= 11 is 0. The summed E-state index contributed by atoms with van der Waals surface area (Å²) in [6.07, 6.45) is 4.16. The van der Waals surface area contributed by atoms with E-state index in [0.717, 1.165) is 12.1 Å². The van der Waals surface area contributed by atoms with Gasteiger partial charge in [0.2, 0.25) is 0 Å². The van der Waals surface area contributed by atoms with E-state index < -0.39 is 0 Å². The second kappa shape index (κ2) is 3.56. The SMILES string of the molecule is CC1CC(NN(C)C)CN1C1CC1. The predicted molar refractivity (Wildman–Crippen MR) is 54.4 cm³/mol. The van der Waals surface area contributed by atoms with E-state index in [0.29, 0.717) is 6.04 Å². The van der Waals surface area contributed by atoms with E-state index in [4.69, 9.17) is 0 Å². The van der Waals surface area contributed by atoms with Crippen molar-refractivity contribution in [2.45, 2.75) is 44.3 Å². The normalized spacial score (nSPS) is 36.0. The molecule has 3 nitrogen and oxygen atoms in total. The predicted octanol–water partition coefficient (Wildman–Crippen LogP) is 0.678. The molecule has 0 bridgehead atoms. The van der Waals surface area contributed by atoms with E-state index in [9.17, 15) is 0 Å². The zero-order chi connectivity index (χ0) is 9.42. The van der Waals surface area contributed by atoms with Crippen molar-refractivity contribution >= 4 is 0 Å². The molecule has 2 unspecified atom stereocenters. The Morgan fingerprint density at radius 3 is 2.54 bits per heavy atom. The van der Waals surface area contributed by atoms with Gasteiger partial charge in [-0.15, -0.1) is 0 Å². The van der Waals surface area contributed by atoms with Crippen LogP contribution in [-0.2, 0) is 0 Å². The van der Waals surface area contributed by atoms with Gasteiger partial charge in [-0.25, -0.2) is 0 Å². The van der Waals surface area contributed by atoms with Gasteiger partial charge in [0.15, 0.2) is 0 Å². The second-order valence-corrected chi connectivity index (χ2v) is 4.73. The van der Waals surface area contributed by atoms with Crippen LogP contribution < -0.4 is 5.43 Å². The number of nitrogens with one attached hydrogen (secondary N) is 1. The first-order valence-electron chi connectivity index (χ1n) is 5.36. The topological polar surface area (TPSA) is 18.5 Å². The molecule has 76 valence electrons. The molecule has 2 aliphatic rings. The van der Waals surface area contributed by atoms with Crippen LogP contribution >= 0.6 is 0 Å². The van der Waals surface area contributed by atoms with Gasteiger partial charge in [0.05, 0.1) is 0 Å². The van der Waals surface area contributed by atoms with E-state index in [-0.39, 0.29) is 0 Å². The average molecular weight is 183 g/mol. The van der Waals surface area contributed by atoms with E-state index in [1.54, 1.807) is 0 Å². The molecule has 0 aromatic carbocycles. The zero-order valence-corrected chi connectivity index (χ0v) is 8.95. The van der Waals surface area contributed by atoms with Crippen molar-refractivity contribution in [1.29, 1.82) is 0 Å². The van der Waals surface area contributed by atoms with Gasteiger partial charge in [-0.2, -0.15) is 0 Å². The van der Waals surface area contributed by atoms with Crippen LogP contribution in [0.2, 0.25) is 0 Å². The summed E-state index contributed by atoms with van der Waals surface area (Å²) < 4.78 is 0. The number of nitrogens with zero attached hydrogens (tertiary/aromatic N) is 2. The van der Waals surface area contributed by atoms with Gasteiger partial charge in [-0.05, 0) is 26.2 Å².